The molecule has 1 unspecified atom stereocenters. The fourth-order valence-corrected chi connectivity index (χ4v) is 2.09. The molecule has 1 atom stereocenters. The van der Waals surface area contributed by atoms with E-state index in [4.69, 9.17) is 10.2 Å². The zero-order chi connectivity index (χ0) is 12.1. The molecule has 0 saturated heterocycles. The van der Waals surface area contributed by atoms with E-state index in [1.807, 2.05) is 0 Å². The van der Waals surface area contributed by atoms with Gasteiger partial charge in [-0.15, -0.1) is 0 Å². The molecule has 0 aliphatic rings. The lowest BCUT2D eigenvalue weighted by atomic mass is 10.5. The smallest absolute Gasteiger partial charge is 0.406 e. The second-order valence-corrected chi connectivity index (χ2v) is 4.67. The van der Waals surface area contributed by atoms with Gasteiger partial charge in [-0.05, 0) is 6.92 Å². The molecule has 0 spiro atoms. The number of hydrogen-bond donors (Lipinski definition) is 3. The van der Waals surface area contributed by atoms with Gasteiger partial charge in [0, 0.05) is 0 Å². The van der Waals surface area contributed by atoms with Gasteiger partial charge < -0.3 is 15.1 Å². The third-order valence-electron chi connectivity index (χ3n) is 1.38. The molecule has 0 heterocycles. The van der Waals surface area contributed by atoms with Crippen molar-refractivity contribution in [2.45, 2.75) is 14.4 Å². The van der Waals surface area contributed by atoms with E-state index in [2.05, 4.69) is 17.7 Å². The summed E-state index contributed by atoms with van der Waals surface area (Å²) in [6.07, 6.45) is 0. The quantitative estimate of drug-likeness (QED) is 0.476. The molecular weight excluding hydrogens is 233 g/mol. The van der Waals surface area contributed by atoms with Crippen LogP contribution in [-0.4, -0.2) is 39.5 Å². The molecule has 7 heteroatoms. The van der Waals surface area contributed by atoms with Crippen LogP contribution in [0.2, 0.25) is 0 Å². The van der Waals surface area contributed by atoms with Gasteiger partial charge in [0.1, 0.15) is 0 Å². The minimum atomic E-state index is -4.02. The largest absolute Gasteiger partial charge is 0.512 e. The highest BCUT2D eigenvalue weighted by molar-refractivity contribution is 7.50. The standard InChI is InChI=1S/C8H16NO5P.CH4/c1-4-14-15(12,13)9(5-7(2)10)6-8(3)11;/h10-11H,2-6H2,1H3,(H,12,13);1H4. The van der Waals surface area contributed by atoms with Crippen LogP contribution in [-0.2, 0) is 9.09 Å². The van der Waals surface area contributed by atoms with Gasteiger partial charge in [0.25, 0.3) is 0 Å². The summed E-state index contributed by atoms with van der Waals surface area (Å²) in [5.74, 6) is -0.601. The summed E-state index contributed by atoms with van der Waals surface area (Å²) in [6.45, 7) is 7.44. The van der Waals surface area contributed by atoms with Gasteiger partial charge in [-0.1, -0.05) is 20.6 Å². The first kappa shape index (κ1) is 17.6. The molecule has 0 bridgehead atoms. The average molecular weight is 253 g/mol. The number of hydrogen-bond acceptors (Lipinski definition) is 4. The fourth-order valence-electron chi connectivity index (χ4n) is 0.906. The summed E-state index contributed by atoms with van der Waals surface area (Å²) in [5, 5.41) is 17.9. The Morgan fingerprint density at radius 2 is 1.69 bits per heavy atom. The third-order valence-corrected chi connectivity index (χ3v) is 2.98. The minimum absolute atomic E-state index is 0. The van der Waals surface area contributed by atoms with Crippen molar-refractivity contribution in [1.82, 2.24) is 4.67 Å². The van der Waals surface area contributed by atoms with Crippen molar-refractivity contribution in [3.05, 3.63) is 24.7 Å². The van der Waals surface area contributed by atoms with Crippen molar-refractivity contribution in [1.29, 1.82) is 0 Å². The van der Waals surface area contributed by atoms with Gasteiger partial charge in [0.05, 0.1) is 31.2 Å². The van der Waals surface area contributed by atoms with Gasteiger partial charge in [0.15, 0.2) is 0 Å². The molecule has 0 aromatic carbocycles. The fraction of sp³-hybridized carbons (Fsp3) is 0.556. The van der Waals surface area contributed by atoms with E-state index in [-0.39, 0.29) is 38.6 Å². The lowest BCUT2D eigenvalue weighted by Crippen LogP contribution is -2.26. The van der Waals surface area contributed by atoms with E-state index in [1.54, 1.807) is 6.92 Å². The minimum Gasteiger partial charge on any atom is -0.512 e. The maximum absolute atomic E-state index is 11.5. The molecule has 0 radical (unpaired) electrons. The Hall–Kier alpha value is -0.810. The van der Waals surface area contributed by atoms with Crippen molar-refractivity contribution in [3.63, 3.8) is 0 Å². The molecule has 0 amide bonds. The highest BCUT2D eigenvalue weighted by Gasteiger charge is 2.30. The van der Waals surface area contributed by atoms with E-state index < -0.39 is 7.75 Å². The molecule has 6 nitrogen and oxygen atoms in total. The normalized spacial score (nSPS) is 13.9. The van der Waals surface area contributed by atoms with Crippen molar-refractivity contribution < 1.29 is 24.2 Å². The summed E-state index contributed by atoms with van der Waals surface area (Å²) in [6, 6.07) is 0. The maximum atomic E-state index is 11.5. The highest BCUT2D eigenvalue weighted by Crippen LogP contribution is 2.46. The second-order valence-electron chi connectivity index (χ2n) is 2.86. The van der Waals surface area contributed by atoms with Gasteiger partial charge in [-0.3, -0.25) is 4.52 Å². The van der Waals surface area contributed by atoms with Gasteiger partial charge in [0.2, 0.25) is 0 Å². The first-order chi connectivity index (χ1) is 6.79. The number of aliphatic hydroxyl groups excluding tert-OH is 2. The van der Waals surface area contributed by atoms with E-state index >= 15 is 0 Å². The molecule has 0 rings (SSSR count). The average Bonchev–Trinajstić information content (AvgIpc) is 2.00. The molecule has 0 aliphatic carbocycles. The van der Waals surface area contributed by atoms with Crippen LogP contribution in [0, 0.1) is 0 Å². The lowest BCUT2D eigenvalue weighted by molar-refractivity contribution is 0.200. The lowest BCUT2D eigenvalue weighted by Gasteiger charge is -2.25. The maximum Gasteiger partial charge on any atom is 0.406 e. The first-order valence-electron chi connectivity index (χ1n) is 4.25. The summed E-state index contributed by atoms with van der Waals surface area (Å²) in [7, 11) is -4.02. The van der Waals surface area contributed by atoms with Crippen LogP contribution in [0.3, 0.4) is 0 Å². The van der Waals surface area contributed by atoms with Crippen LogP contribution < -0.4 is 0 Å². The van der Waals surface area contributed by atoms with Crippen LogP contribution in [0.15, 0.2) is 24.7 Å². The van der Waals surface area contributed by atoms with Crippen molar-refractivity contribution in [2.24, 2.45) is 0 Å². The molecule has 0 aromatic rings. The Morgan fingerprint density at radius 3 is 1.94 bits per heavy atom. The Morgan fingerprint density at radius 1 is 1.31 bits per heavy atom. The molecule has 3 N–H and O–H groups in total. The molecule has 16 heavy (non-hydrogen) atoms. The number of nitrogens with zero attached hydrogens (tertiary/aromatic N) is 1. The Bertz CT molecular complexity index is 276. The molecular formula is C9H20NO5P. The van der Waals surface area contributed by atoms with E-state index in [9.17, 15) is 9.46 Å². The van der Waals surface area contributed by atoms with E-state index in [1.165, 1.54) is 0 Å². The van der Waals surface area contributed by atoms with Crippen LogP contribution in [0.5, 0.6) is 0 Å². The van der Waals surface area contributed by atoms with Gasteiger partial charge >= 0.3 is 7.75 Å². The van der Waals surface area contributed by atoms with Gasteiger partial charge in [-0.25, -0.2) is 4.57 Å². The van der Waals surface area contributed by atoms with Crippen molar-refractivity contribution in [2.75, 3.05) is 19.7 Å². The molecule has 0 saturated carbocycles. The Kier molecular flexibility index (Phi) is 8.20. The van der Waals surface area contributed by atoms with Crippen molar-refractivity contribution in [3.8, 4) is 0 Å². The van der Waals surface area contributed by atoms with Gasteiger partial charge in [-0.2, -0.15) is 4.67 Å². The second kappa shape index (κ2) is 7.46. The van der Waals surface area contributed by atoms with Crippen LogP contribution >= 0.6 is 7.75 Å². The number of rotatable bonds is 7. The Balaban J connectivity index is 0. The topological polar surface area (TPSA) is 90.2 Å². The summed E-state index contributed by atoms with van der Waals surface area (Å²) < 4.78 is 17.0. The van der Waals surface area contributed by atoms with Crippen LogP contribution in [0.1, 0.15) is 14.4 Å². The van der Waals surface area contributed by atoms with Crippen LogP contribution in [0.25, 0.3) is 0 Å². The summed E-state index contributed by atoms with van der Waals surface area (Å²) in [5.41, 5.74) is 0. The van der Waals surface area contributed by atoms with Crippen molar-refractivity contribution >= 4 is 7.75 Å². The Labute approximate surface area is 96.1 Å². The zero-order valence-corrected chi connectivity index (χ0v) is 9.48. The molecule has 0 aromatic heterocycles. The van der Waals surface area contributed by atoms with E-state index in [0.29, 0.717) is 0 Å². The number of aliphatic hydroxyl groups is 2. The zero-order valence-electron chi connectivity index (χ0n) is 8.59. The summed E-state index contributed by atoms with van der Waals surface area (Å²) in [4.78, 5) is 9.43. The van der Waals surface area contributed by atoms with Crippen LogP contribution in [0.4, 0.5) is 0 Å². The third kappa shape index (κ3) is 6.63. The first-order valence-corrected chi connectivity index (χ1v) is 5.79. The SMILES string of the molecule is C.C=C(O)CN(CC(=C)O)P(=O)(O)OCC. The predicted octanol–water partition coefficient (Wildman–Crippen LogP) is 2.20. The molecule has 0 aliphatic heterocycles. The summed E-state index contributed by atoms with van der Waals surface area (Å²) >= 11 is 0. The monoisotopic (exact) mass is 253 g/mol. The highest BCUT2D eigenvalue weighted by atomic mass is 31.2. The molecule has 0 fully saturated rings. The van der Waals surface area contributed by atoms with E-state index in [0.717, 1.165) is 4.67 Å². The predicted molar refractivity (Wildman–Crippen MR) is 63.3 cm³/mol. The molecule has 96 valence electrons.